The summed E-state index contributed by atoms with van der Waals surface area (Å²) >= 11 is 5.96. The summed E-state index contributed by atoms with van der Waals surface area (Å²) in [5.74, 6) is -0.187. The third kappa shape index (κ3) is 8.68. The lowest BCUT2D eigenvalue weighted by molar-refractivity contribution is -0.134. The van der Waals surface area contributed by atoms with Gasteiger partial charge in [0.25, 0.3) is 0 Å². The number of aliphatic hydroxyl groups excluding tert-OH is 1. The highest BCUT2D eigenvalue weighted by Gasteiger charge is 2.33. The maximum Gasteiger partial charge on any atom is 0.242 e. The number of amides is 2. The van der Waals surface area contributed by atoms with Gasteiger partial charge in [-0.2, -0.15) is 4.31 Å². The van der Waals surface area contributed by atoms with Crippen LogP contribution in [0.15, 0.2) is 47.4 Å². The number of hydrogen-bond acceptors (Lipinski definition) is 8. The second-order valence-electron chi connectivity index (χ2n) is 11.2. The summed E-state index contributed by atoms with van der Waals surface area (Å²) in [4.78, 5) is 30.1. The Morgan fingerprint density at radius 1 is 1.19 bits per heavy atom. The van der Waals surface area contributed by atoms with Gasteiger partial charge in [-0.05, 0) is 49.4 Å². The van der Waals surface area contributed by atoms with Crippen LogP contribution in [0, 0.1) is 5.92 Å². The number of ether oxygens (including phenoxy) is 2. The van der Waals surface area contributed by atoms with Crippen LogP contribution in [0.3, 0.4) is 0 Å². The minimum Gasteiger partial charge on any atom is -0.488 e. The zero-order chi connectivity index (χ0) is 31.1. The van der Waals surface area contributed by atoms with Gasteiger partial charge in [0, 0.05) is 61.8 Å². The Morgan fingerprint density at radius 2 is 1.88 bits per heavy atom. The SMILES string of the molecule is C[C@H]1CN([C@@H](C)CO)C(=O)Cc2cc(NC(=O)CCN3CCOCC3)ccc2O[C@H]1CN(C)S(=O)(=O)c1ccc(Cl)cc1. The monoisotopic (exact) mass is 636 g/mol. The van der Waals surface area contributed by atoms with Crippen LogP contribution in [0.1, 0.15) is 25.8 Å². The van der Waals surface area contributed by atoms with E-state index in [0.717, 1.165) is 13.1 Å². The van der Waals surface area contributed by atoms with Crippen molar-refractivity contribution in [3.05, 3.63) is 53.1 Å². The third-order valence-corrected chi connectivity index (χ3v) is 10.0. The van der Waals surface area contributed by atoms with E-state index < -0.39 is 22.2 Å². The number of rotatable bonds is 10. The summed E-state index contributed by atoms with van der Waals surface area (Å²) in [6.07, 6.45) is -0.309. The number of sulfonamides is 1. The number of hydrogen-bond donors (Lipinski definition) is 2. The van der Waals surface area contributed by atoms with E-state index in [1.54, 1.807) is 30.0 Å². The molecule has 4 rings (SSSR count). The molecule has 2 aliphatic rings. The highest BCUT2D eigenvalue weighted by atomic mass is 35.5. The second-order valence-corrected chi connectivity index (χ2v) is 13.7. The molecule has 1 fully saturated rings. The van der Waals surface area contributed by atoms with Crippen LogP contribution in [-0.4, -0.2) is 111 Å². The lowest BCUT2D eigenvalue weighted by atomic mass is 10.0. The van der Waals surface area contributed by atoms with Gasteiger partial charge in [-0.15, -0.1) is 0 Å². The maximum atomic E-state index is 13.5. The lowest BCUT2D eigenvalue weighted by Crippen LogP contribution is -2.48. The van der Waals surface area contributed by atoms with Gasteiger partial charge in [-0.25, -0.2) is 8.42 Å². The van der Waals surface area contributed by atoms with E-state index in [4.69, 9.17) is 21.1 Å². The van der Waals surface area contributed by atoms with Crippen molar-refractivity contribution in [1.29, 1.82) is 0 Å². The molecule has 0 unspecified atom stereocenters. The van der Waals surface area contributed by atoms with Gasteiger partial charge in [-0.1, -0.05) is 18.5 Å². The van der Waals surface area contributed by atoms with Crippen molar-refractivity contribution < 1.29 is 32.6 Å². The number of nitrogens with zero attached hydrogens (tertiary/aromatic N) is 3. The summed E-state index contributed by atoms with van der Waals surface area (Å²) in [6.45, 7) is 7.26. The first-order valence-electron chi connectivity index (χ1n) is 14.5. The number of carbonyl (C=O) groups is 2. The highest BCUT2D eigenvalue weighted by molar-refractivity contribution is 7.89. The molecule has 2 aliphatic heterocycles. The van der Waals surface area contributed by atoms with Gasteiger partial charge in [0.05, 0.1) is 43.7 Å². The zero-order valence-electron chi connectivity index (χ0n) is 24.9. The molecule has 2 aromatic carbocycles. The fourth-order valence-corrected chi connectivity index (χ4v) is 6.48. The van der Waals surface area contributed by atoms with Gasteiger partial charge in [0.2, 0.25) is 21.8 Å². The average molecular weight is 637 g/mol. The Kier molecular flexibility index (Phi) is 11.4. The van der Waals surface area contributed by atoms with Crippen LogP contribution >= 0.6 is 11.6 Å². The van der Waals surface area contributed by atoms with E-state index in [9.17, 15) is 23.1 Å². The van der Waals surface area contributed by atoms with E-state index >= 15 is 0 Å². The molecule has 0 saturated carbocycles. The molecule has 13 heteroatoms. The van der Waals surface area contributed by atoms with Crippen molar-refractivity contribution in [1.82, 2.24) is 14.1 Å². The number of anilines is 1. The molecule has 0 bridgehead atoms. The van der Waals surface area contributed by atoms with Crippen LogP contribution < -0.4 is 10.1 Å². The third-order valence-electron chi connectivity index (χ3n) is 7.92. The number of carbonyl (C=O) groups excluding carboxylic acids is 2. The molecule has 236 valence electrons. The van der Waals surface area contributed by atoms with Crippen LogP contribution in [0.25, 0.3) is 0 Å². The van der Waals surface area contributed by atoms with Crippen molar-refractivity contribution in [3.8, 4) is 5.75 Å². The van der Waals surface area contributed by atoms with E-state index in [2.05, 4.69) is 10.2 Å². The van der Waals surface area contributed by atoms with E-state index in [-0.39, 0.29) is 48.7 Å². The van der Waals surface area contributed by atoms with E-state index in [1.807, 2.05) is 6.92 Å². The molecule has 0 radical (unpaired) electrons. The van der Waals surface area contributed by atoms with Gasteiger partial charge in [-0.3, -0.25) is 14.5 Å². The molecule has 1 saturated heterocycles. The summed E-state index contributed by atoms with van der Waals surface area (Å²) in [5.41, 5.74) is 1.10. The summed E-state index contributed by atoms with van der Waals surface area (Å²) in [5, 5.41) is 13.2. The van der Waals surface area contributed by atoms with E-state index in [0.29, 0.717) is 48.2 Å². The van der Waals surface area contributed by atoms with Crippen LogP contribution in [0.2, 0.25) is 5.02 Å². The number of nitrogens with one attached hydrogen (secondary N) is 1. The highest BCUT2D eigenvalue weighted by Crippen LogP contribution is 2.30. The van der Waals surface area contributed by atoms with Gasteiger partial charge >= 0.3 is 0 Å². The zero-order valence-corrected chi connectivity index (χ0v) is 26.4. The molecule has 3 atom stereocenters. The lowest BCUT2D eigenvalue weighted by Gasteiger charge is -2.33. The molecular weight excluding hydrogens is 596 g/mol. The Bertz CT molecular complexity index is 1370. The van der Waals surface area contributed by atoms with Gasteiger partial charge in [0.1, 0.15) is 11.9 Å². The standard InChI is InChI=1S/C30H41ClN4O7S/c1-21-18-35(22(2)20-36)30(38)17-23-16-25(32-29(37)10-11-34-12-14-41-15-13-34)6-9-27(23)42-28(21)19-33(3)43(39,40)26-7-4-24(31)5-8-26/h4-9,16,21-22,28,36H,10-15,17-20H2,1-3H3,(H,32,37)/t21-,22-,28-/m0/s1. The topological polar surface area (TPSA) is 129 Å². The van der Waals surface area contributed by atoms with Crippen molar-refractivity contribution in [2.45, 2.75) is 43.7 Å². The van der Waals surface area contributed by atoms with Crippen molar-refractivity contribution in [2.24, 2.45) is 5.92 Å². The number of fused-ring (bicyclic) bond motifs is 1. The normalized spacial score (nSPS) is 20.9. The number of morpholine rings is 1. The molecule has 2 aromatic rings. The maximum absolute atomic E-state index is 13.5. The van der Waals surface area contributed by atoms with Crippen LogP contribution in [-0.2, 0) is 30.8 Å². The first-order valence-corrected chi connectivity index (χ1v) is 16.3. The number of halogens is 1. The Balaban J connectivity index is 1.56. The summed E-state index contributed by atoms with van der Waals surface area (Å²) in [7, 11) is -2.36. The average Bonchev–Trinajstić information content (AvgIpc) is 3.03. The van der Waals surface area contributed by atoms with Crippen molar-refractivity contribution >= 4 is 39.1 Å². The molecule has 0 spiro atoms. The van der Waals surface area contributed by atoms with Gasteiger partial charge in [0.15, 0.2) is 0 Å². The molecular formula is C30H41ClN4O7S. The fourth-order valence-electron chi connectivity index (χ4n) is 5.17. The van der Waals surface area contributed by atoms with Crippen molar-refractivity contribution in [2.75, 3.05) is 64.9 Å². The number of benzene rings is 2. The molecule has 2 heterocycles. The predicted octanol–water partition coefficient (Wildman–Crippen LogP) is 2.47. The smallest absolute Gasteiger partial charge is 0.242 e. The first kappa shape index (κ1) is 33.2. The Morgan fingerprint density at radius 3 is 2.56 bits per heavy atom. The minimum atomic E-state index is -3.85. The minimum absolute atomic E-state index is 0.00445. The first-order chi connectivity index (χ1) is 20.5. The molecule has 2 N–H and O–H groups in total. The number of likely N-dealkylation sites (N-methyl/N-ethyl adjacent to an activating group) is 1. The Hall–Kier alpha value is -2.74. The molecule has 2 amide bonds. The number of aliphatic hydroxyl groups is 1. The van der Waals surface area contributed by atoms with Crippen LogP contribution in [0.5, 0.6) is 5.75 Å². The van der Waals surface area contributed by atoms with Crippen LogP contribution in [0.4, 0.5) is 5.69 Å². The molecule has 0 aliphatic carbocycles. The predicted molar refractivity (Wildman–Crippen MR) is 164 cm³/mol. The van der Waals surface area contributed by atoms with E-state index in [1.165, 1.54) is 35.6 Å². The molecule has 0 aromatic heterocycles. The summed E-state index contributed by atoms with van der Waals surface area (Å²) < 4.78 is 39.7. The van der Waals surface area contributed by atoms with Crippen molar-refractivity contribution in [3.63, 3.8) is 0 Å². The Labute approximate surface area is 258 Å². The fraction of sp³-hybridized carbons (Fsp3) is 0.533. The second kappa shape index (κ2) is 14.8. The quantitative estimate of drug-likeness (QED) is 0.407. The molecule has 11 nitrogen and oxygen atoms in total. The summed E-state index contributed by atoms with van der Waals surface area (Å²) in [6, 6.07) is 10.7. The van der Waals surface area contributed by atoms with Gasteiger partial charge < -0.3 is 24.8 Å². The largest absolute Gasteiger partial charge is 0.488 e. The molecule has 43 heavy (non-hydrogen) atoms.